The van der Waals surface area contributed by atoms with Gasteiger partial charge in [0.1, 0.15) is 24.4 Å². The first kappa shape index (κ1) is 25.5. The maximum Gasteiger partial charge on any atom is 0.115 e. The molecule has 1 aliphatic heterocycles. The van der Waals surface area contributed by atoms with Crippen molar-refractivity contribution < 1.29 is 24.1 Å². The number of aliphatic hydroxyl groups is 1. The Bertz CT molecular complexity index is 966. The van der Waals surface area contributed by atoms with Crippen molar-refractivity contribution in [3.8, 4) is 0 Å². The predicted octanol–water partition coefficient (Wildman–Crippen LogP) is 5.30. The molecule has 35 heavy (non-hydrogen) atoms. The molecular formula is C30H36O5. The lowest BCUT2D eigenvalue weighted by molar-refractivity contribution is -0.271. The summed E-state index contributed by atoms with van der Waals surface area (Å²) in [6.07, 6.45) is -0.141. The van der Waals surface area contributed by atoms with Crippen molar-refractivity contribution >= 4 is 0 Å². The van der Waals surface area contributed by atoms with Crippen molar-refractivity contribution in [1.29, 1.82) is 0 Å². The molecule has 1 saturated heterocycles. The molecule has 0 aliphatic carbocycles. The van der Waals surface area contributed by atoms with E-state index in [9.17, 15) is 5.11 Å². The van der Waals surface area contributed by atoms with Crippen LogP contribution in [0.1, 0.15) is 36.5 Å². The molecule has 0 bridgehead atoms. The van der Waals surface area contributed by atoms with E-state index in [4.69, 9.17) is 18.9 Å². The average molecular weight is 477 g/mol. The number of aliphatic hydroxyl groups excluding tert-OH is 1. The monoisotopic (exact) mass is 476 g/mol. The number of hydrogen-bond acceptors (Lipinski definition) is 5. The van der Waals surface area contributed by atoms with Gasteiger partial charge in [0.2, 0.25) is 0 Å². The Kier molecular flexibility index (Phi) is 9.87. The molecule has 1 heterocycles. The summed E-state index contributed by atoms with van der Waals surface area (Å²) in [5.74, 6) is 0. The third kappa shape index (κ3) is 7.23. The highest BCUT2D eigenvalue weighted by Crippen LogP contribution is 2.32. The van der Waals surface area contributed by atoms with Gasteiger partial charge in [0.25, 0.3) is 0 Å². The molecule has 5 atom stereocenters. The topological polar surface area (TPSA) is 57.2 Å². The summed E-state index contributed by atoms with van der Waals surface area (Å²) in [5.41, 5.74) is 3.23. The molecule has 0 spiro atoms. The maximum atomic E-state index is 10.2. The van der Waals surface area contributed by atoms with E-state index in [0.717, 1.165) is 29.5 Å². The molecule has 3 aromatic rings. The minimum Gasteiger partial charge on any atom is -0.394 e. The van der Waals surface area contributed by atoms with Gasteiger partial charge >= 0.3 is 0 Å². The summed E-state index contributed by atoms with van der Waals surface area (Å²) < 4.78 is 25.8. The van der Waals surface area contributed by atoms with Crippen molar-refractivity contribution in [2.75, 3.05) is 6.61 Å². The fourth-order valence-corrected chi connectivity index (χ4v) is 4.55. The summed E-state index contributed by atoms with van der Waals surface area (Å²) >= 11 is 0. The van der Waals surface area contributed by atoms with Crippen LogP contribution in [0, 0.1) is 0 Å². The van der Waals surface area contributed by atoms with Gasteiger partial charge in [0, 0.05) is 0 Å². The first-order chi connectivity index (χ1) is 17.3. The van der Waals surface area contributed by atoms with Gasteiger partial charge in [-0.2, -0.15) is 0 Å². The Morgan fingerprint density at radius 3 is 1.40 bits per heavy atom. The normalized spacial score (nSPS) is 24.3. The number of hydrogen-bond donors (Lipinski definition) is 1. The highest BCUT2D eigenvalue weighted by Gasteiger charge is 2.47. The maximum absolute atomic E-state index is 10.2. The van der Waals surface area contributed by atoms with Crippen LogP contribution in [0.2, 0.25) is 0 Å². The summed E-state index contributed by atoms with van der Waals surface area (Å²) in [6, 6.07) is 30.3. The second kappa shape index (κ2) is 13.5. The van der Waals surface area contributed by atoms with E-state index < -0.39 is 18.3 Å². The van der Waals surface area contributed by atoms with Gasteiger partial charge in [0.15, 0.2) is 0 Å². The lowest BCUT2D eigenvalue weighted by atomic mass is 9.92. The van der Waals surface area contributed by atoms with E-state index in [0.29, 0.717) is 19.8 Å². The van der Waals surface area contributed by atoms with Crippen LogP contribution in [-0.4, -0.2) is 42.2 Å². The van der Waals surface area contributed by atoms with Crippen molar-refractivity contribution in [3.05, 3.63) is 108 Å². The van der Waals surface area contributed by atoms with Gasteiger partial charge in [-0.25, -0.2) is 0 Å². The van der Waals surface area contributed by atoms with E-state index in [1.807, 2.05) is 78.9 Å². The number of ether oxygens (including phenoxy) is 4. The van der Waals surface area contributed by atoms with Gasteiger partial charge in [-0.05, 0) is 23.1 Å². The second-order valence-corrected chi connectivity index (χ2v) is 8.97. The third-order valence-electron chi connectivity index (χ3n) is 6.34. The largest absolute Gasteiger partial charge is 0.394 e. The average Bonchev–Trinajstić information content (AvgIpc) is 2.92. The Morgan fingerprint density at radius 1 is 0.600 bits per heavy atom. The zero-order valence-electron chi connectivity index (χ0n) is 20.4. The van der Waals surface area contributed by atoms with E-state index >= 15 is 0 Å². The molecule has 0 radical (unpaired) electrons. The van der Waals surface area contributed by atoms with Gasteiger partial charge in [-0.3, -0.25) is 0 Å². The molecule has 0 saturated carbocycles. The first-order valence-electron chi connectivity index (χ1n) is 12.5. The number of benzene rings is 3. The van der Waals surface area contributed by atoms with Crippen LogP contribution in [0.15, 0.2) is 91.0 Å². The van der Waals surface area contributed by atoms with Crippen LogP contribution in [0.25, 0.3) is 0 Å². The Hall–Kier alpha value is -2.54. The summed E-state index contributed by atoms with van der Waals surface area (Å²) in [7, 11) is 0. The van der Waals surface area contributed by atoms with Crippen LogP contribution in [0.5, 0.6) is 0 Å². The molecule has 0 aromatic heterocycles. The van der Waals surface area contributed by atoms with Crippen molar-refractivity contribution in [1.82, 2.24) is 0 Å². The van der Waals surface area contributed by atoms with Gasteiger partial charge in [-0.15, -0.1) is 0 Å². The van der Waals surface area contributed by atoms with Gasteiger partial charge in [-0.1, -0.05) is 104 Å². The van der Waals surface area contributed by atoms with E-state index in [1.165, 1.54) is 0 Å². The van der Waals surface area contributed by atoms with Crippen molar-refractivity contribution in [2.24, 2.45) is 0 Å². The molecule has 5 nitrogen and oxygen atoms in total. The molecule has 186 valence electrons. The molecule has 5 unspecified atom stereocenters. The minimum atomic E-state index is -0.493. The quantitative estimate of drug-likeness (QED) is 0.384. The van der Waals surface area contributed by atoms with Crippen molar-refractivity contribution in [2.45, 2.75) is 70.1 Å². The number of rotatable bonds is 12. The Balaban J connectivity index is 1.58. The fraction of sp³-hybridized carbons (Fsp3) is 0.400. The Morgan fingerprint density at radius 2 is 1.00 bits per heavy atom. The zero-order chi connectivity index (χ0) is 24.3. The molecule has 1 N–H and O–H groups in total. The van der Waals surface area contributed by atoms with E-state index in [2.05, 4.69) is 19.1 Å². The highest BCUT2D eigenvalue weighted by atomic mass is 16.6. The first-order valence-corrected chi connectivity index (χ1v) is 12.5. The SMILES string of the molecule is CCCC1OC(CO)C(OCc2ccccc2)C(OCc2ccccc2)C1OCc1ccccc1. The van der Waals surface area contributed by atoms with Crippen molar-refractivity contribution in [3.63, 3.8) is 0 Å². The third-order valence-corrected chi connectivity index (χ3v) is 6.34. The van der Waals surface area contributed by atoms with Crippen LogP contribution in [0.4, 0.5) is 0 Å². The molecular weight excluding hydrogens is 440 g/mol. The fourth-order valence-electron chi connectivity index (χ4n) is 4.55. The summed E-state index contributed by atoms with van der Waals surface area (Å²) in [5, 5.41) is 10.2. The standard InChI is InChI=1S/C30H36O5/c1-2-12-26-28(32-20-23-13-6-3-7-14-23)30(34-22-25-17-10-5-11-18-25)29(27(19-31)35-26)33-21-24-15-8-4-9-16-24/h3-11,13-18,26-31H,2,12,19-22H2,1H3. The van der Waals surface area contributed by atoms with E-state index in [1.54, 1.807) is 0 Å². The van der Waals surface area contributed by atoms with Crippen LogP contribution in [-0.2, 0) is 38.8 Å². The molecule has 5 heteroatoms. The molecule has 0 amide bonds. The second-order valence-electron chi connectivity index (χ2n) is 8.97. The lowest BCUT2D eigenvalue weighted by Gasteiger charge is -2.46. The van der Waals surface area contributed by atoms with Gasteiger partial charge < -0.3 is 24.1 Å². The molecule has 4 rings (SSSR count). The van der Waals surface area contributed by atoms with Crippen LogP contribution in [0.3, 0.4) is 0 Å². The zero-order valence-corrected chi connectivity index (χ0v) is 20.4. The summed E-state index contributed by atoms with van der Waals surface area (Å²) in [4.78, 5) is 0. The molecule has 1 fully saturated rings. The highest BCUT2D eigenvalue weighted by molar-refractivity contribution is 5.15. The molecule has 1 aliphatic rings. The Labute approximate surface area is 208 Å². The lowest BCUT2D eigenvalue weighted by Crippen LogP contribution is -2.61. The van der Waals surface area contributed by atoms with Gasteiger partial charge in [0.05, 0.1) is 32.5 Å². The summed E-state index contributed by atoms with van der Waals surface area (Å²) in [6.45, 7) is 3.27. The van der Waals surface area contributed by atoms with E-state index in [-0.39, 0.29) is 18.8 Å². The van der Waals surface area contributed by atoms with Crippen LogP contribution >= 0.6 is 0 Å². The predicted molar refractivity (Wildman–Crippen MR) is 136 cm³/mol. The van der Waals surface area contributed by atoms with Crippen LogP contribution < -0.4 is 0 Å². The smallest absolute Gasteiger partial charge is 0.115 e. The minimum absolute atomic E-state index is 0.143. The molecule has 3 aromatic carbocycles.